The SMILES string of the molecule is O=S(=O)(O)c1ccc(N=Nc2ccc(S(=O)(=O)O)cc2)cc1.[K].[K]. The maximum absolute atomic E-state index is 10.9. The Kier molecular flexibility index (Phi) is 11.0. The molecular formula is C12H10K2N2O6S2. The van der Waals surface area contributed by atoms with Crippen molar-refractivity contribution in [1.82, 2.24) is 0 Å². The normalized spacial score (nSPS) is 11.6. The summed E-state index contributed by atoms with van der Waals surface area (Å²) in [6.07, 6.45) is 0. The molecule has 24 heavy (non-hydrogen) atoms. The summed E-state index contributed by atoms with van der Waals surface area (Å²) in [6, 6.07) is 10.1. The van der Waals surface area contributed by atoms with Gasteiger partial charge in [-0.25, -0.2) is 0 Å². The van der Waals surface area contributed by atoms with Gasteiger partial charge in [-0.1, -0.05) is 0 Å². The predicted molar refractivity (Wildman–Crippen MR) is 88.2 cm³/mol. The Balaban J connectivity index is 0.00000264. The van der Waals surface area contributed by atoms with Gasteiger partial charge >= 0.3 is 0 Å². The molecule has 0 aliphatic carbocycles. The minimum atomic E-state index is -4.26. The van der Waals surface area contributed by atoms with Crippen LogP contribution in [-0.4, -0.2) is 129 Å². The van der Waals surface area contributed by atoms with E-state index in [0.29, 0.717) is 11.4 Å². The van der Waals surface area contributed by atoms with Crippen molar-refractivity contribution in [2.45, 2.75) is 9.79 Å². The largest absolute Gasteiger partial charge is 0.294 e. The molecule has 8 nitrogen and oxygen atoms in total. The maximum atomic E-state index is 10.9. The Morgan fingerprint density at radius 3 is 1.04 bits per heavy atom. The third-order valence-corrected chi connectivity index (χ3v) is 4.29. The second-order valence-electron chi connectivity index (χ2n) is 4.14. The number of benzene rings is 2. The quantitative estimate of drug-likeness (QED) is 0.440. The second-order valence-corrected chi connectivity index (χ2v) is 6.98. The van der Waals surface area contributed by atoms with Crippen LogP contribution >= 0.6 is 0 Å². The molecule has 12 heteroatoms. The summed E-state index contributed by atoms with van der Waals surface area (Å²) in [5, 5.41) is 7.66. The molecule has 0 aliphatic rings. The number of rotatable bonds is 4. The summed E-state index contributed by atoms with van der Waals surface area (Å²) in [5.74, 6) is 0. The van der Waals surface area contributed by atoms with E-state index in [0.717, 1.165) is 0 Å². The van der Waals surface area contributed by atoms with E-state index >= 15 is 0 Å². The monoisotopic (exact) mass is 420 g/mol. The van der Waals surface area contributed by atoms with Crippen molar-refractivity contribution in [3.63, 3.8) is 0 Å². The van der Waals surface area contributed by atoms with Gasteiger partial charge in [-0.05, 0) is 48.5 Å². The molecule has 2 radical (unpaired) electrons. The first-order valence-electron chi connectivity index (χ1n) is 5.73. The predicted octanol–water partition coefficient (Wildman–Crippen LogP) is 1.83. The van der Waals surface area contributed by atoms with Gasteiger partial charge in [-0.2, -0.15) is 27.1 Å². The fourth-order valence-electron chi connectivity index (χ4n) is 1.49. The van der Waals surface area contributed by atoms with E-state index in [-0.39, 0.29) is 113 Å². The van der Waals surface area contributed by atoms with Gasteiger partial charge in [0.05, 0.1) is 21.2 Å². The molecule has 0 atom stereocenters. The summed E-state index contributed by atoms with van der Waals surface area (Å²) in [4.78, 5) is -0.520. The molecule has 2 aromatic carbocycles. The third kappa shape index (κ3) is 7.79. The Morgan fingerprint density at radius 1 is 0.583 bits per heavy atom. The Bertz CT molecular complexity index is 834. The molecule has 0 fully saturated rings. The van der Waals surface area contributed by atoms with Crippen LogP contribution in [0.1, 0.15) is 0 Å². The van der Waals surface area contributed by atoms with Crippen LogP contribution in [0.3, 0.4) is 0 Å². The van der Waals surface area contributed by atoms with Crippen LogP contribution in [0.5, 0.6) is 0 Å². The van der Waals surface area contributed by atoms with E-state index in [2.05, 4.69) is 10.2 Å². The molecule has 0 aliphatic heterocycles. The van der Waals surface area contributed by atoms with Gasteiger partial charge in [0.2, 0.25) is 0 Å². The molecule has 118 valence electrons. The summed E-state index contributed by atoms with van der Waals surface area (Å²) in [7, 11) is -8.52. The van der Waals surface area contributed by atoms with Gasteiger partial charge in [0.1, 0.15) is 0 Å². The summed E-state index contributed by atoms with van der Waals surface area (Å²) >= 11 is 0. The second kappa shape index (κ2) is 10.5. The minimum absolute atomic E-state index is 0. The van der Waals surface area contributed by atoms with E-state index in [1.807, 2.05) is 0 Å². The zero-order valence-corrected chi connectivity index (χ0v) is 20.7. The molecule has 0 saturated heterocycles. The van der Waals surface area contributed by atoms with E-state index in [9.17, 15) is 16.8 Å². The van der Waals surface area contributed by atoms with Crippen molar-refractivity contribution in [3.05, 3.63) is 48.5 Å². The third-order valence-electron chi connectivity index (χ3n) is 2.55. The number of hydrogen-bond acceptors (Lipinski definition) is 6. The molecular weight excluding hydrogens is 410 g/mol. The van der Waals surface area contributed by atoms with Crippen molar-refractivity contribution in [2.24, 2.45) is 10.2 Å². The van der Waals surface area contributed by atoms with Gasteiger partial charge in [0.15, 0.2) is 0 Å². The molecule has 0 saturated carbocycles. The van der Waals surface area contributed by atoms with E-state index in [1.54, 1.807) is 0 Å². The van der Waals surface area contributed by atoms with Gasteiger partial charge in [-0.15, -0.1) is 0 Å². The molecule has 0 unspecified atom stereocenters. The van der Waals surface area contributed by atoms with Gasteiger partial charge < -0.3 is 0 Å². The van der Waals surface area contributed by atoms with Crippen LogP contribution in [0.4, 0.5) is 11.4 Å². The summed E-state index contributed by atoms with van der Waals surface area (Å²) in [5.41, 5.74) is 0.678. The number of azo groups is 1. The van der Waals surface area contributed by atoms with Crippen LogP contribution in [-0.2, 0) is 20.2 Å². The molecule has 2 rings (SSSR count). The van der Waals surface area contributed by atoms with Crippen molar-refractivity contribution >= 4 is 134 Å². The van der Waals surface area contributed by atoms with Crippen molar-refractivity contribution in [2.75, 3.05) is 0 Å². The molecule has 2 aromatic rings. The molecule has 0 amide bonds. The van der Waals surface area contributed by atoms with Crippen molar-refractivity contribution in [1.29, 1.82) is 0 Å². The fraction of sp³-hybridized carbons (Fsp3) is 0. The molecule has 0 heterocycles. The zero-order chi connectivity index (χ0) is 16.4. The minimum Gasteiger partial charge on any atom is -0.282 e. The van der Waals surface area contributed by atoms with Crippen molar-refractivity contribution in [3.8, 4) is 0 Å². The molecule has 0 spiro atoms. The van der Waals surface area contributed by atoms with Crippen LogP contribution < -0.4 is 0 Å². The molecule has 0 aromatic heterocycles. The number of hydrogen-bond donors (Lipinski definition) is 2. The van der Waals surface area contributed by atoms with E-state index < -0.39 is 20.2 Å². The van der Waals surface area contributed by atoms with Gasteiger partial charge in [0, 0.05) is 103 Å². The van der Waals surface area contributed by atoms with Gasteiger partial charge in [0.25, 0.3) is 20.2 Å². The molecule has 0 bridgehead atoms. The summed E-state index contributed by atoms with van der Waals surface area (Å²) in [6.45, 7) is 0. The topological polar surface area (TPSA) is 133 Å². The Morgan fingerprint density at radius 2 is 0.833 bits per heavy atom. The Labute approximate surface area is 224 Å². The van der Waals surface area contributed by atoms with E-state index in [1.165, 1.54) is 48.5 Å². The fourth-order valence-corrected chi connectivity index (χ4v) is 2.45. The van der Waals surface area contributed by atoms with E-state index in [4.69, 9.17) is 9.11 Å². The van der Waals surface area contributed by atoms with Crippen LogP contribution in [0.25, 0.3) is 0 Å². The first kappa shape index (κ1) is 25.1. The first-order valence-corrected chi connectivity index (χ1v) is 8.61. The van der Waals surface area contributed by atoms with Crippen molar-refractivity contribution < 1.29 is 25.9 Å². The Hall–Kier alpha value is 1.13. The molecule has 2 N–H and O–H groups in total. The van der Waals surface area contributed by atoms with Crippen LogP contribution in [0.15, 0.2) is 68.6 Å². The summed E-state index contributed by atoms with van der Waals surface area (Å²) < 4.78 is 61.1. The first-order chi connectivity index (χ1) is 10.2. The average molecular weight is 421 g/mol. The smallest absolute Gasteiger partial charge is 0.282 e. The maximum Gasteiger partial charge on any atom is 0.294 e. The number of nitrogens with zero attached hydrogens (tertiary/aromatic N) is 2. The standard InChI is InChI=1S/C12H10N2O6S2.2K/c15-21(16,17)11-5-1-9(2-6-11)13-14-10-3-7-12(8-4-10)22(18,19)20;;/h1-8H,(H,15,16,17)(H,18,19,20);;. The zero-order valence-electron chi connectivity index (χ0n) is 12.9. The van der Waals surface area contributed by atoms with Gasteiger partial charge in [-0.3, -0.25) is 9.11 Å². The average Bonchev–Trinajstić information content (AvgIpc) is 2.44. The van der Waals surface area contributed by atoms with Crippen LogP contribution in [0.2, 0.25) is 0 Å². The van der Waals surface area contributed by atoms with Crippen LogP contribution in [0, 0.1) is 0 Å².